The van der Waals surface area contributed by atoms with Crippen LogP contribution in [0, 0.1) is 11.8 Å². The molecular formula is C19H29NO. The predicted octanol–water partition coefficient (Wildman–Crippen LogP) is 4.36. The van der Waals surface area contributed by atoms with Gasteiger partial charge in [0.15, 0.2) is 0 Å². The Morgan fingerprint density at radius 3 is 2.43 bits per heavy atom. The Balaban J connectivity index is 1.73. The zero-order valence-corrected chi connectivity index (χ0v) is 13.5. The monoisotopic (exact) mass is 287 g/mol. The van der Waals surface area contributed by atoms with Crippen molar-refractivity contribution in [1.82, 2.24) is 5.32 Å². The molecule has 1 saturated heterocycles. The number of hydrogen-bond acceptors (Lipinski definition) is 2. The van der Waals surface area contributed by atoms with Crippen molar-refractivity contribution in [2.24, 2.45) is 11.8 Å². The molecule has 2 unspecified atom stereocenters. The van der Waals surface area contributed by atoms with E-state index in [-0.39, 0.29) is 6.10 Å². The average Bonchev–Trinajstić information content (AvgIpc) is 3.02. The molecule has 0 radical (unpaired) electrons. The molecule has 1 aromatic rings. The Morgan fingerprint density at radius 1 is 1.05 bits per heavy atom. The van der Waals surface area contributed by atoms with Crippen molar-refractivity contribution < 1.29 is 4.74 Å². The fraction of sp³-hybridized carbons (Fsp3) is 0.684. The molecule has 1 heterocycles. The van der Waals surface area contributed by atoms with E-state index in [0.29, 0.717) is 0 Å². The Hall–Kier alpha value is -1.02. The third-order valence-electron chi connectivity index (χ3n) is 5.21. The summed E-state index contributed by atoms with van der Waals surface area (Å²) in [5.41, 5.74) is 1.52. The predicted molar refractivity (Wildman–Crippen MR) is 87.9 cm³/mol. The molecule has 21 heavy (non-hydrogen) atoms. The lowest BCUT2D eigenvalue weighted by molar-refractivity contribution is 0.230. The number of nitrogens with one attached hydrogen (secondary N) is 1. The molecule has 0 aromatic heterocycles. The molecule has 1 aliphatic heterocycles. The summed E-state index contributed by atoms with van der Waals surface area (Å²) in [7, 11) is 0. The maximum absolute atomic E-state index is 5.77. The van der Waals surface area contributed by atoms with Gasteiger partial charge in [0, 0.05) is 0 Å². The minimum Gasteiger partial charge on any atom is -0.491 e. The molecule has 2 aliphatic rings. The van der Waals surface area contributed by atoms with Crippen molar-refractivity contribution >= 4 is 0 Å². The van der Waals surface area contributed by atoms with Gasteiger partial charge < -0.3 is 10.1 Å². The van der Waals surface area contributed by atoms with Crippen LogP contribution in [-0.4, -0.2) is 19.2 Å². The van der Waals surface area contributed by atoms with Crippen LogP contribution in [-0.2, 0) is 0 Å². The highest BCUT2D eigenvalue weighted by atomic mass is 16.5. The molecule has 0 spiro atoms. The molecule has 0 bridgehead atoms. The van der Waals surface area contributed by atoms with Crippen molar-refractivity contribution in [3.63, 3.8) is 0 Å². The van der Waals surface area contributed by atoms with E-state index in [1.165, 1.54) is 44.2 Å². The first-order chi connectivity index (χ1) is 10.2. The highest BCUT2D eigenvalue weighted by Gasteiger charge is 2.33. The molecule has 1 aromatic carbocycles. The normalized spacial score (nSPS) is 27.2. The molecule has 2 atom stereocenters. The highest BCUT2D eigenvalue weighted by Crippen LogP contribution is 2.42. The molecule has 1 N–H and O–H groups in total. The zero-order chi connectivity index (χ0) is 14.7. The van der Waals surface area contributed by atoms with Crippen molar-refractivity contribution in [3.8, 4) is 5.75 Å². The second-order valence-corrected chi connectivity index (χ2v) is 7.04. The number of benzene rings is 1. The van der Waals surface area contributed by atoms with E-state index in [1.807, 2.05) is 0 Å². The Bertz CT molecular complexity index is 433. The molecule has 2 heteroatoms. The van der Waals surface area contributed by atoms with E-state index in [2.05, 4.69) is 43.4 Å². The number of rotatable bonds is 4. The Kier molecular flexibility index (Phi) is 4.84. The van der Waals surface area contributed by atoms with E-state index >= 15 is 0 Å². The number of ether oxygens (including phenoxy) is 1. The third-order valence-corrected chi connectivity index (χ3v) is 5.21. The maximum atomic E-state index is 5.77. The molecule has 3 rings (SSSR count). The van der Waals surface area contributed by atoms with E-state index in [1.54, 1.807) is 0 Å². The van der Waals surface area contributed by atoms with Crippen LogP contribution in [0.15, 0.2) is 24.3 Å². The van der Waals surface area contributed by atoms with E-state index < -0.39 is 0 Å². The van der Waals surface area contributed by atoms with Crippen LogP contribution in [0.2, 0.25) is 0 Å². The lowest BCUT2D eigenvalue weighted by Crippen LogP contribution is -2.38. The van der Waals surface area contributed by atoms with Crippen molar-refractivity contribution in [3.05, 3.63) is 29.8 Å². The summed E-state index contributed by atoms with van der Waals surface area (Å²) < 4.78 is 5.77. The number of hydrogen-bond donors (Lipinski definition) is 1. The van der Waals surface area contributed by atoms with Crippen molar-refractivity contribution in [1.29, 1.82) is 0 Å². The topological polar surface area (TPSA) is 21.3 Å². The fourth-order valence-electron chi connectivity index (χ4n) is 4.24. The second kappa shape index (κ2) is 6.83. The standard InChI is InChI=1S/C19H29NO/c1-14(2)21-17-9-7-16(8-10-17)18-11-12-20-13-19(18)15-5-3-4-6-15/h7-10,14-15,18-20H,3-6,11-13H2,1-2H3. The van der Waals surface area contributed by atoms with Crippen LogP contribution in [0.5, 0.6) is 5.75 Å². The molecule has 1 aliphatic carbocycles. The third kappa shape index (κ3) is 3.60. The average molecular weight is 287 g/mol. The fourth-order valence-corrected chi connectivity index (χ4v) is 4.24. The van der Waals surface area contributed by atoms with Gasteiger partial charge in [0.2, 0.25) is 0 Å². The molecule has 2 fully saturated rings. The summed E-state index contributed by atoms with van der Waals surface area (Å²) in [5.74, 6) is 3.51. The first-order valence-corrected chi connectivity index (χ1v) is 8.71. The van der Waals surface area contributed by atoms with E-state index in [4.69, 9.17) is 4.74 Å². The molecule has 0 amide bonds. The zero-order valence-electron chi connectivity index (χ0n) is 13.5. The van der Waals surface area contributed by atoms with Crippen LogP contribution >= 0.6 is 0 Å². The van der Waals surface area contributed by atoms with Gasteiger partial charge in [-0.2, -0.15) is 0 Å². The van der Waals surface area contributed by atoms with E-state index in [0.717, 1.165) is 30.0 Å². The Labute approximate surface area is 129 Å². The summed E-state index contributed by atoms with van der Waals surface area (Å²) in [6, 6.07) is 8.91. The van der Waals surface area contributed by atoms with Gasteiger partial charge in [-0.25, -0.2) is 0 Å². The first-order valence-electron chi connectivity index (χ1n) is 8.71. The van der Waals surface area contributed by atoms with Gasteiger partial charge in [-0.1, -0.05) is 37.8 Å². The summed E-state index contributed by atoms with van der Waals surface area (Å²) >= 11 is 0. The maximum Gasteiger partial charge on any atom is 0.119 e. The largest absolute Gasteiger partial charge is 0.491 e. The van der Waals surface area contributed by atoms with Crippen LogP contribution in [0.25, 0.3) is 0 Å². The second-order valence-electron chi connectivity index (χ2n) is 7.04. The van der Waals surface area contributed by atoms with Gasteiger partial charge in [0.05, 0.1) is 6.10 Å². The van der Waals surface area contributed by atoms with Crippen molar-refractivity contribution in [2.75, 3.05) is 13.1 Å². The van der Waals surface area contributed by atoms with Gasteiger partial charge in [-0.15, -0.1) is 0 Å². The summed E-state index contributed by atoms with van der Waals surface area (Å²) in [5, 5.41) is 3.62. The minimum atomic E-state index is 0.251. The lowest BCUT2D eigenvalue weighted by atomic mass is 9.73. The summed E-state index contributed by atoms with van der Waals surface area (Å²) in [6.45, 7) is 6.53. The molecular weight excluding hydrogens is 258 g/mol. The SMILES string of the molecule is CC(C)Oc1ccc(C2CCNCC2C2CCCC2)cc1. The quantitative estimate of drug-likeness (QED) is 0.888. The summed E-state index contributed by atoms with van der Waals surface area (Å²) in [6.07, 6.45) is 7.30. The molecule has 2 nitrogen and oxygen atoms in total. The van der Waals surface area contributed by atoms with Crippen LogP contribution < -0.4 is 10.1 Å². The van der Waals surface area contributed by atoms with Crippen LogP contribution in [0.3, 0.4) is 0 Å². The van der Waals surface area contributed by atoms with Crippen LogP contribution in [0.1, 0.15) is 57.4 Å². The highest BCUT2D eigenvalue weighted by molar-refractivity contribution is 5.30. The summed E-state index contributed by atoms with van der Waals surface area (Å²) in [4.78, 5) is 0. The molecule has 116 valence electrons. The van der Waals surface area contributed by atoms with Gasteiger partial charge in [0.1, 0.15) is 5.75 Å². The van der Waals surface area contributed by atoms with Gasteiger partial charge in [0.25, 0.3) is 0 Å². The number of piperidine rings is 1. The first kappa shape index (κ1) is 14.9. The minimum absolute atomic E-state index is 0.251. The molecule has 1 saturated carbocycles. The lowest BCUT2D eigenvalue weighted by Gasteiger charge is -2.36. The van der Waals surface area contributed by atoms with Gasteiger partial charge >= 0.3 is 0 Å². The van der Waals surface area contributed by atoms with E-state index in [9.17, 15) is 0 Å². The Morgan fingerprint density at radius 2 is 1.76 bits per heavy atom. The van der Waals surface area contributed by atoms with Gasteiger partial charge in [-0.3, -0.25) is 0 Å². The van der Waals surface area contributed by atoms with Crippen molar-refractivity contribution in [2.45, 2.75) is 58.0 Å². The smallest absolute Gasteiger partial charge is 0.119 e. The van der Waals surface area contributed by atoms with Gasteiger partial charge in [-0.05, 0) is 68.8 Å². The van der Waals surface area contributed by atoms with Crippen LogP contribution in [0.4, 0.5) is 0 Å².